The lowest BCUT2D eigenvalue weighted by molar-refractivity contribution is 0.0994. The summed E-state index contributed by atoms with van der Waals surface area (Å²) in [5.41, 5.74) is 3.54. The third-order valence-electron chi connectivity index (χ3n) is 3.78. The summed E-state index contributed by atoms with van der Waals surface area (Å²) < 4.78 is 0. The second-order valence-corrected chi connectivity index (χ2v) is 5.16. The third kappa shape index (κ3) is 2.75. The molecular weight excluding hydrogens is 236 g/mol. The van der Waals surface area contributed by atoms with Gasteiger partial charge in [-0.15, -0.1) is 0 Å². The SMILES string of the molecule is O=C1CCc2cc(CCCCc3ncc[nH]3)ccc21. The number of Topliss-reactive ketones (excluding diaryl/α,β-unsaturated/α-hetero) is 1. The Balaban J connectivity index is 1.52. The van der Waals surface area contributed by atoms with Gasteiger partial charge >= 0.3 is 0 Å². The van der Waals surface area contributed by atoms with E-state index in [0.29, 0.717) is 12.2 Å². The molecule has 1 heterocycles. The summed E-state index contributed by atoms with van der Waals surface area (Å²) in [4.78, 5) is 18.9. The Morgan fingerprint density at radius 3 is 2.89 bits per heavy atom. The third-order valence-corrected chi connectivity index (χ3v) is 3.78. The minimum Gasteiger partial charge on any atom is -0.349 e. The number of nitrogens with one attached hydrogen (secondary N) is 1. The number of ketones is 1. The molecule has 0 saturated carbocycles. The van der Waals surface area contributed by atoms with E-state index in [-0.39, 0.29) is 0 Å². The summed E-state index contributed by atoms with van der Waals surface area (Å²) in [7, 11) is 0. The predicted molar refractivity (Wildman–Crippen MR) is 74.3 cm³/mol. The van der Waals surface area contributed by atoms with Crippen molar-refractivity contribution in [2.75, 3.05) is 0 Å². The van der Waals surface area contributed by atoms with Crippen molar-refractivity contribution in [2.45, 2.75) is 38.5 Å². The van der Waals surface area contributed by atoms with Crippen molar-refractivity contribution in [1.29, 1.82) is 0 Å². The first kappa shape index (κ1) is 12.2. The molecule has 0 fully saturated rings. The Labute approximate surface area is 113 Å². The molecule has 0 radical (unpaired) electrons. The van der Waals surface area contributed by atoms with Gasteiger partial charge in [-0.3, -0.25) is 4.79 Å². The van der Waals surface area contributed by atoms with Crippen LogP contribution in [0.5, 0.6) is 0 Å². The van der Waals surface area contributed by atoms with Gasteiger partial charge in [0.05, 0.1) is 0 Å². The molecule has 98 valence electrons. The van der Waals surface area contributed by atoms with Gasteiger partial charge in [0, 0.05) is 30.8 Å². The average Bonchev–Trinajstić information content (AvgIpc) is 3.05. The van der Waals surface area contributed by atoms with Gasteiger partial charge in [0.2, 0.25) is 0 Å². The Morgan fingerprint density at radius 1 is 1.16 bits per heavy atom. The van der Waals surface area contributed by atoms with Gasteiger partial charge in [-0.1, -0.05) is 18.2 Å². The van der Waals surface area contributed by atoms with E-state index in [9.17, 15) is 4.79 Å². The van der Waals surface area contributed by atoms with E-state index in [2.05, 4.69) is 22.1 Å². The van der Waals surface area contributed by atoms with Crippen LogP contribution in [0.15, 0.2) is 30.6 Å². The molecule has 1 aromatic heterocycles. The molecule has 0 saturated heterocycles. The monoisotopic (exact) mass is 254 g/mol. The zero-order chi connectivity index (χ0) is 13.1. The first-order valence-corrected chi connectivity index (χ1v) is 6.96. The lowest BCUT2D eigenvalue weighted by Gasteiger charge is -2.04. The van der Waals surface area contributed by atoms with Crippen LogP contribution in [0, 0.1) is 0 Å². The van der Waals surface area contributed by atoms with E-state index in [1.165, 1.54) is 11.1 Å². The fourth-order valence-electron chi connectivity index (χ4n) is 2.72. The fourth-order valence-corrected chi connectivity index (χ4v) is 2.72. The summed E-state index contributed by atoms with van der Waals surface area (Å²) in [5.74, 6) is 1.37. The van der Waals surface area contributed by atoms with Gasteiger partial charge in [0.25, 0.3) is 0 Å². The molecule has 0 amide bonds. The van der Waals surface area contributed by atoms with Crippen LogP contribution in [0.1, 0.15) is 46.6 Å². The van der Waals surface area contributed by atoms with E-state index in [1.807, 2.05) is 12.3 Å². The van der Waals surface area contributed by atoms with Gasteiger partial charge in [0.1, 0.15) is 5.82 Å². The summed E-state index contributed by atoms with van der Waals surface area (Å²) in [6.07, 6.45) is 9.68. The van der Waals surface area contributed by atoms with E-state index in [4.69, 9.17) is 0 Å². The molecule has 19 heavy (non-hydrogen) atoms. The summed E-state index contributed by atoms with van der Waals surface area (Å²) >= 11 is 0. The standard InChI is InChI=1S/C16H18N2O/c19-15-8-6-13-11-12(5-7-14(13)15)3-1-2-4-16-17-9-10-18-16/h5,7,9-11H,1-4,6,8H2,(H,17,18). The first-order valence-electron chi connectivity index (χ1n) is 6.96. The van der Waals surface area contributed by atoms with E-state index in [1.54, 1.807) is 6.20 Å². The van der Waals surface area contributed by atoms with Crippen LogP contribution in [0.2, 0.25) is 0 Å². The predicted octanol–water partition coefficient (Wildman–Crippen LogP) is 3.10. The maximum atomic E-state index is 11.6. The number of rotatable bonds is 5. The molecule has 0 aliphatic heterocycles. The van der Waals surface area contributed by atoms with Gasteiger partial charge in [-0.05, 0) is 36.8 Å². The molecule has 3 nitrogen and oxygen atoms in total. The Bertz CT molecular complexity index is 572. The molecule has 0 bridgehead atoms. The number of imidazole rings is 1. The first-order chi connectivity index (χ1) is 9.33. The number of carbonyl (C=O) groups is 1. The number of nitrogens with zero attached hydrogens (tertiary/aromatic N) is 1. The van der Waals surface area contributed by atoms with Crippen LogP contribution in [-0.4, -0.2) is 15.8 Å². The summed E-state index contributed by atoms with van der Waals surface area (Å²) in [5, 5.41) is 0. The van der Waals surface area contributed by atoms with Crippen LogP contribution in [0.4, 0.5) is 0 Å². The molecule has 3 rings (SSSR count). The van der Waals surface area contributed by atoms with Gasteiger partial charge in [-0.2, -0.15) is 0 Å². The van der Waals surface area contributed by atoms with Crippen LogP contribution in [0.3, 0.4) is 0 Å². The van der Waals surface area contributed by atoms with Crippen LogP contribution < -0.4 is 0 Å². The maximum absolute atomic E-state index is 11.6. The molecule has 3 heteroatoms. The summed E-state index contributed by atoms with van der Waals surface area (Å²) in [6.45, 7) is 0. The molecule has 1 aliphatic carbocycles. The molecular formula is C16H18N2O. The van der Waals surface area contributed by atoms with Crippen LogP contribution in [-0.2, 0) is 19.3 Å². The van der Waals surface area contributed by atoms with Crippen molar-refractivity contribution in [3.63, 3.8) is 0 Å². The van der Waals surface area contributed by atoms with Crippen molar-refractivity contribution in [3.8, 4) is 0 Å². The highest BCUT2D eigenvalue weighted by Crippen LogP contribution is 2.23. The van der Waals surface area contributed by atoms with Crippen LogP contribution >= 0.6 is 0 Å². The molecule has 1 N–H and O–H groups in total. The highest BCUT2D eigenvalue weighted by Gasteiger charge is 2.18. The number of H-pyrrole nitrogens is 1. The smallest absolute Gasteiger partial charge is 0.163 e. The number of aromatic nitrogens is 2. The number of aryl methyl sites for hydroxylation is 3. The van der Waals surface area contributed by atoms with Gasteiger partial charge in [0.15, 0.2) is 5.78 Å². The quantitative estimate of drug-likeness (QED) is 0.833. The number of unbranched alkanes of at least 4 members (excludes halogenated alkanes) is 1. The highest BCUT2D eigenvalue weighted by molar-refractivity contribution is 6.00. The number of fused-ring (bicyclic) bond motifs is 1. The van der Waals surface area contributed by atoms with Crippen molar-refractivity contribution in [2.24, 2.45) is 0 Å². The molecule has 2 aromatic rings. The Kier molecular flexibility index (Phi) is 3.45. The lowest BCUT2D eigenvalue weighted by atomic mass is 10.0. The largest absolute Gasteiger partial charge is 0.349 e. The zero-order valence-corrected chi connectivity index (χ0v) is 11.0. The number of aromatic amines is 1. The van der Waals surface area contributed by atoms with Gasteiger partial charge in [-0.25, -0.2) is 4.98 Å². The second kappa shape index (κ2) is 5.39. The van der Waals surface area contributed by atoms with E-state index >= 15 is 0 Å². The second-order valence-electron chi connectivity index (χ2n) is 5.16. The highest BCUT2D eigenvalue weighted by atomic mass is 16.1. The van der Waals surface area contributed by atoms with Crippen molar-refractivity contribution >= 4 is 5.78 Å². The molecule has 1 aromatic carbocycles. The molecule has 0 atom stereocenters. The summed E-state index contributed by atoms with van der Waals surface area (Å²) in [6, 6.07) is 6.33. The van der Waals surface area contributed by atoms with E-state index in [0.717, 1.165) is 43.5 Å². The van der Waals surface area contributed by atoms with Crippen molar-refractivity contribution < 1.29 is 4.79 Å². The van der Waals surface area contributed by atoms with Crippen molar-refractivity contribution in [3.05, 3.63) is 53.1 Å². The number of carbonyl (C=O) groups excluding carboxylic acids is 1. The molecule has 0 spiro atoms. The van der Waals surface area contributed by atoms with E-state index < -0.39 is 0 Å². The number of hydrogen-bond acceptors (Lipinski definition) is 2. The average molecular weight is 254 g/mol. The normalized spacial score (nSPS) is 13.8. The van der Waals surface area contributed by atoms with Gasteiger partial charge < -0.3 is 4.98 Å². The number of benzene rings is 1. The zero-order valence-electron chi connectivity index (χ0n) is 11.0. The molecule has 1 aliphatic rings. The van der Waals surface area contributed by atoms with Crippen LogP contribution in [0.25, 0.3) is 0 Å². The lowest BCUT2D eigenvalue weighted by Crippen LogP contribution is -1.94. The molecule has 0 unspecified atom stereocenters. The number of hydrogen-bond donors (Lipinski definition) is 1. The van der Waals surface area contributed by atoms with Crippen molar-refractivity contribution in [1.82, 2.24) is 9.97 Å². The topological polar surface area (TPSA) is 45.8 Å². The minimum absolute atomic E-state index is 0.305. The Morgan fingerprint density at radius 2 is 2.05 bits per heavy atom. The fraction of sp³-hybridized carbons (Fsp3) is 0.375. The minimum atomic E-state index is 0.305. The Hall–Kier alpha value is -1.90. The maximum Gasteiger partial charge on any atom is 0.163 e.